The van der Waals surface area contributed by atoms with Crippen molar-refractivity contribution in [3.05, 3.63) is 18.0 Å². The van der Waals surface area contributed by atoms with E-state index >= 15 is 0 Å². The van der Waals surface area contributed by atoms with Crippen molar-refractivity contribution in [3.8, 4) is 0 Å². The molecule has 9 heteroatoms. The number of aryl methyl sites for hydroxylation is 1. The highest BCUT2D eigenvalue weighted by Crippen LogP contribution is 2.27. The number of nitrogens with one attached hydrogen (secondary N) is 2. The highest BCUT2D eigenvalue weighted by Gasteiger charge is 2.38. The Labute approximate surface area is 132 Å². The molecule has 0 aliphatic carbocycles. The molecule has 0 saturated carbocycles. The van der Waals surface area contributed by atoms with E-state index in [1.165, 1.54) is 0 Å². The predicted molar refractivity (Wildman–Crippen MR) is 79.1 cm³/mol. The SMILES string of the molecule is Cc1cnc(NC2CCNCC2(C)C)nc1.O=C(O)C(F)(F)F. The molecule has 1 aliphatic rings. The number of aliphatic carboxylic acids is 1. The maximum Gasteiger partial charge on any atom is 0.490 e. The maximum atomic E-state index is 10.6. The lowest BCUT2D eigenvalue weighted by atomic mass is 9.80. The molecule has 1 fully saturated rings. The Hall–Kier alpha value is -1.90. The lowest BCUT2D eigenvalue weighted by molar-refractivity contribution is -0.192. The van der Waals surface area contributed by atoms with Gasteiger partial charge in [0.25, 0.3) is 0 Å². The number of nitrogens with zero attached hydrogens (tertiary/aromatic N) is 2. The van der Waals surface area contributed by atoms with Gasteiger partial charge in [-0.1, -0.05) is 13.8 Å². The number of halogens is 3. The highest BCUT2D eigenvalue weighted by molar-refractivity contribution is 5.73. The molecule has 1 aromatic heterocycles. The number of carboxylic acid groups (broad SMARTS) is 1. The van der Waals surface area contributed by atoms with Crippen LogP contribution in [-0.2, 0) is 4.79 Å². The van der Waals surface area contributed by atoms with Gasteiger partial charge in [0.15, 0.2) is 0 Å². The van der Waals surface area contributed by atoms with Gasteiger partial charge < -0.3 is 15.7 Å². The minimum atomic E-state index is -5.08. The van der Waals surface area contributed by atoms with E-state index in [0.29, 0.717) is 6.04 Å². The molecule has 130 valence electrons. The first-order valence-electron chi connectivity index (χ1n) is 7.08. The van der Waals surface area contributed by atoms with Crippen molar-refractivity contribution in [3.63, 3.8) is 0 Å². The standard InChI is InChI=1S/C12H20N4.C2HF3O2/c1-9-6-14-11(15-7-9)16-10-4-5-13-8-12(10,2)3;3-2(4,5)1(6)7/h6-7,10,13H,4-5,8H2,1-3H3,(H,14,15,16);(H,6,7). The Balaban J connectivity index is 0.000000322. The van der Waals surface area contributed by atoms with Crippen LogP contribution < -0.4 is 10.6 Å². The molecule has 0 spiro atoms. The number of piperidine rings is 1. The number of carbonyl (C=O) groups is 1. The molecular formula is C14H21F3N4O2. The Morgan fingerprint density at radius 2 is 1.91 bits per heavy atom. The van der Waals surface area contributed by atoms with E-state index in [2.05, 4.69) is 34.4 Å². The van der Waals surface area contributed by atoms with Crippen LogP contribution >= 0.6 is 0 Å². The third kappa shape index (κ3) is 6.39. The predicted octanol–water partition coefficient (Wildman–Crippen LogP) is 2.22. The molecule has 2 rings (SSSR count). The van der Waals surface area contributed by atoms with E-state index in [0.717, 1.165) is 31.0 Å². The third-order valence-corrected chi connectivity index (χ3v) is 3.46. The van der Waals surface area contributed by atoms with Crippen molar-refractivity contribution in [2.45, 2.75) is 39.4 Å². The van der Waals surface area contributed by atoms with Crippen LogP contribution in [0.15, 0.2) is 12.4 Å². The quantitative estimate of drug-likeness (QED) is 0.769. The fraction of sp³-hybridized carbons (Fsp3) is 0.643. The Morgan fingerprint density at radius 3 is 2.35 bits per heavy atom. The van der Waals surface area contributed by atoms with E-state index in [-0.39, 0.29) is 5.41 Å². The minimum Gasteiger partial charge on any atom is -0.475 e. The van der Waals surface area contributed by atoms with Gasteiger partial charge in [0.05, 0.1) is 0 Å². The fourth-order valence-corrected chi connectivity index (χ4v) is 2.06. The molecule has 0 aromatic carbocycles. The second-order valence-corrected chi connectivity index (χ2v) is 6.04. The van der Waals surface area contributed by atoms with Crippen molar-refractivity contribution in [2.24, 2.45) is 5.41 Å². The van der Waals surface area contributed by atoms with Crippen LogP contribution in [-0.4, -0.2) is 46.4 Å². The van der Waals surface area contributed by atoms with Crippen molar-refractivity contribution in [2.75, 3.05) is 18.4 Å². The number of anilines is 1. The molecule has 0 amide bonds. The first kappa shape index (κ1) is 19.1. The number of alkyl halides is 3. The van der Waals surface area contributed by atoms with Gasteiger partial charge in [-0.05, 0) is 30.9 Å². The van der Waals surface area contributed by atoms with E-state index in [4.69, 9.17) is 9.90 Å². The van der Waals surface area contributed by atoms with Crippen molar-refractivity contribution in [1.29, 1.82) is 0 Å². The number of carboxylic acids is 1. The molecule has 6 nitrogen and oxygen atoms in total. The summed E-state index contributed by atoms with van der Waals surface area (Å²) < 4.78 is 31.7. The zero-order valence-electron chi connectivity index (χ0n) is 13.2. The largest absolute Gasteiger partial charge is 0.490 e. The minimum absolute atomic E-state index is 0.243. The zero-order valence-corrected chi connectivity index (χ0v) is 13.2. The van der Waals surface area contributed by atoms with Crippen molar-refractivity contribution < 1.29 is 23.1 Å². The molecular weight excluding hydrogens is 313 g/mol. The molecule has 1 atom stereocenters. The fourth-order valence-electron chi connectivity index (χ4n) is 2.06. The first-order chi connectivity index (χ1) is 10.5. The molecule has 1 aliphatic heterocycles. The Kier molecular flexibility index (Phi) is 6.31. The molecule has 1 saturated heterocycles. The normalized spacial score (nSPS) is 20.2. The van der Waals surface area contributed by atoms with Crippen LogP contribution in [0.5, 0.6) is 0 Å². The average Bonchev–Trinajstić information content (AvgIpc) is 2.43. The molecule has 0 bridgehead atoms. The topological polar surface area (TPSA) is 87.1 Å². The van der Waals surface area contributed by atoms with Gasteiger partial charge in [-0.3, -0.25) is 0 Å². The number of aromatic nitrogens is 2. The number of rotatable bonds is 2. The van der Waals surface area contributed by atoms with E-state index in [9.17, 15) is 13.2 Å². The van der Waals surface area contributed by atoms with E-state index in [1.807, 2.05) is 19.3 Å². The van der Waals surface area contributed by atoms with Gasteiger partial charge in [0.2, 0.25) is 5.95 Å². The molecule has 1 aromatic rings. The zero-order chi connectivity index (χ0) is 17.7. The van der Waals surface area contributed by atoms with Gasteiger partial charge in [0.1, 0.15) is 0 Å². The van der Waals surface area contributed by atoms with Gasteiger partial charge in [-0.2, -0.15) is 13.2 Å². The lowest BCUT2D eigenvalue weighted by Gasteiger charge is -2.39. The average molecular weight is 334 g/mol. The van der Waals surface area contributed by atoms with Gasteiger partial charge >= 0.3 is 12.1 Å². The van der Waals surface area contributed by atoms with Crippen LogP contribution in [0.4, 0.5) is 19.1 Å². The van der Waals surface area contributed by atoms with E-state index in [1.54, 1.807) is 0 Å². The molecule has 1 unspecified atom stereocenters. The summed E-state index contributed by atoms with van der Waals surface area (Å²) in [5, 5.41) is 14.0. The second kappa shape index (κ2) is 7.58. The van der Waals surface area contributed by atoms with Crippen LogP contribution in [0.3, 0.4) is 0 Å². The summed E-state index contributed by atoms with van der Waals surface area (Å²) in [6, 6.07) is 0.441. The summed E-state index contributed by atoms with van der Waals surface area (Å²) >= 11 is 0. The first-order valence-corrected chi connectivity index (χ1v) is 7.08. The Morgan fingerprint density at radius 1 is 1.39 bits per heavy atom. The summed E-state index contributed by atoms with van der Waals surface area (Å²) in [6.45, 7) is 8.64. The summed E-state index contributed by atoms with van der Waals surface area (Å²) in [5.41, 5.74) is 1.34. The van der Waals surface area contributed by atoms with Crippen LogP contribution in [0, 0.1) is 12.3 Å². The van der Waals surface area contributed by atoms with E-state index < -0.39 is 12.1 Å². The highest BCUT2D eigenvalue weighted by atomic mass is 19.4. The van der Waals surface area contributed by atoms with Crippen LogP contribution in [0.2, 0.25) is 0 Å². The van der Waals surface area contributed by atoms with Gasteiger partial charge in [-0.15, -0.1) is 0 Å². The van der Waals surface area contributed by atoms with Crippen molar-refractivity contribution >= 4 is 11.9 Å². The van der Waals surface area contributed by atoms with Gasteiger partial charge in [0, 0.05) is 25.0 Å². The monoisotopic (exact) mass is 334 g/mol. The van der Waals surface area contributed by atoms with Crippen LogP contribution in [0.1, 0.15) is 25.8 Å². The van der Waals surface area contributed by atoms with Crippen molar-refractivity contribution in [1.82, 2.24) is 15.3 Å². The summed E-state index contributed by atoms with van der Waals surface area (Å²) in [6.07, 6.45) is -0.267. The van der Waals surface area contributed by atoms with Gasteiger partial charge in [-0.25, -0.2) is 14.8 Å². The second-order valence-electron chi connectivity index (χ2n) is 6.04. The number of hydrogen-bond donors (Lipinski definition) is 3. The molecule has 23 heavy (non-hydrogen) atoms. The van der Waals surface area contributed by atoms with Crippen LogP contribution in [0.25, 0.3) is 0 Å². The molecule has 0 radical (unpaired) electrons. The summed E-state index contributed by atoms with van der Waals surface area (Å²) in [5.74, 6) is -2.02. The summed E-state index contributed by atoms with van der Waals surface area (Å²) in [7, 11) is 0. The third-order valence-electron chi connectivity index (χ3n) is 3.46. The number of hydrogen-bond acceptors (Lipinski definition) is 5. The molecule has 3 N–H and O–H groups in total. The Bertz CT molecular complexity index is 518. The summed E-state index contributed by atoms with van der Waals surface area (Å²) in [4.78, 5) is 17.5. The molecule has 2 heterocycles. The smallest absolute Gasteiger partial charge is 0.475 e. The maximum absolute atomic E-state index is 10.6. The lowest BCUT2D eigenvalue weighted by Crippen LogP contribution is -2.49.